The molecule has 0 saturated carbocycles. The first-order valence-electron chi connectivity index (χ1n) is 10.0. The molecule has 162 valence electrons. The van der Waals surface area contributed by atoms with Gasteiger partial charge in [-0.25, -0.2) is 13.4 Å². The van der Waals surface area contributed by atoms with E-state index in [1.54, 1.807) is 6.20 Å². The second-order valence-corrected chi connectivity index (χ2v) is 9.24. The molecule has 3 rings (SSSR count). The van der Waals surface area contributed by atoms with Crippen LogP contribution in [0.25, 0.3) is 0 Å². The van der Waals surface area contributed by atoms with E-state index in [9.17, 15) is 13.2 Å². The molecular formula is C21H28N4O4S. The molecular weight excluding hydrogens is 404 g/mol. The lowest BCUT2D eigenvalue weighted by molar-refractivity contribution is -0.123. The molecule has 0 bridgehead atoms. The van der Waals surface area contributed by atoms with Crippen molar-refractivity contribution in [1.82, 2.24) is 14.6 Å². The third-order valence-electron chi connectivity index (χ3n) is 4.96. The Hall–Kier alpha value is -2.65. The van der Waals surface area contributed by atoms with Crippen molar-refractivity contribution in [2.45, 2.75) is 13.3 Å². The number of hydrogen-bond donors (Lipinski definition) is 1. The van der Waals surface area contributed by atoms with Gasteiger partial charge in [0.05, 0.1) is 5.75 Å². The number of ether oxygens (including phenoxy) is 1. The summed E-state index contributed by atoms with van der Waals surface area (Å²) in [6, 6.07) is 13.2. The number of rotatable bonds is 9. The topological polar surface area (TPSA) is 91.8 Å². The highest BCUT2D eigenvalue weighted by Gasteiger charge is 2.26. The number of amides is 1. The van der Waals surface area contributed by atoms with Gasteiger partial charge in [-0.2, -0.15) is 4.31 Å². The van der Waals surface area contributed by atoms with Crippen molar-refractivity contribution in [3.8, 4) is 5.75 Å². The van der Waals surface area contributed by atoms with Gasteiger partial charge < -0.3 is 15.0 Å². The number of hydrogen-bond acceptors (Lipinski definition) is 6. The molecule has 1 aromatic heterocycles. The zero-order chi connectivity index (χ0) is 21.4. The van der Waals surface area contributed by atoms with Gasteiger partial charge in [0.1, 0.15) is 11.6 Å². The van der Waals surface area contributed by atoms with Crippen LogP contribution in [0.15, 0.2) is 48.7 Å². The molecule has 1 aromatic carbocycles. The van der Waals surface area contributed by atoms with E-state index in [1.165, 1.54) is 4.31 Å². The van der Waals surface area contributed by atoms with Gasteiger partial charge in [0.15, 0.2) is 6.61 Å². The third kappa shape index (κ3) is 6.17. The first-order valence-corrected chi connectivity index (χ1v) is 11.7. The number of nitrogens with zero attached hydrogens (tertiary/aromatic N) is 3. The molecule has 0 spiro atoms. The van der Waals surface area contributed by atoms with Gasteiger partial charge in [0, 0.05) is 38.9 Å². The number of carbonyl (C=O) groups excluding carboxylic acids is 1. The maximum atomic E-state index is 12.6. The average Bonchev–Trinajstić information content (AvgIpc) is 2.77. The van der Waals surface area contributed by atoms with Crippen LogP contribution in [0.5, 0.6) is 5.75 Å². The molecule has 0 aliphatic carbocycles. The van der Waals surface area contributed by atoms with Crippen molar-refractivity contribution < 1.29 is 17.9 Å². The van der Waals surface area contributed by atoms with Crippen LogP contribution in [0.2, 0.25) is 0 Å². The zero-order valence-corrected chi connectivity index (χ0v) is 18.0. The Morgan fingerprint density at radius 2 is 1.83 bits per heavy atom. The maximum Gasteiger partial charge on any atom is 0.257 e. The lowest BCUT2D eigenvalue weighted by Gasteiger charge is -2.34. The van der Waals surface area contributed by atoms with Crippen molar-refractivity contribution in [1.29, 1.82) is 0 Å². The van der Waals surface area contributed by atoms with Gasteiger partial charge in [0.2, 0.25) is 10.0 Å². The molecule has 0 atom stereocenters. The van der Waals surface area contributed by atoms with Crippen molar-refractivity contribution in [2.75, 3.05) is 50.0 Å². The minimum atomic E-state index is -3.34. The Labute approximate surface area is 177 Å². The highest BCUT2D eigenvalue weighted by atomic mass is 32.2. The summed E-state index contributed by atoms with van der Waals surface area (Å²) in [5.74, 6) is 1.28. The number of pyridine rings is 1. The number of para-hydroxylation sites is 1. The molecule has 0 unspecified atom stereocenters. The van der Waals surface area contributed by atoms with Crippen molar-refractivity contribution in [3.63, 3.8) is 0 Å². The molecule has 1 amide bonds. The average molecular weight is 433 g/mol. The largest absolute Gasteiger partial charge is 0.484 e. The van der Waals surface area contributed by atoms with E-state index in [0.29, 0.717) is 44.9 Å². The van der Waals surface area contributed by atoms with E-state index >= 15 is 0 Å². The van der Waals surface area contributed by atoms with Crippen molar-refractivity contribution in [3.05, 3.63) is 54.2 Å². The molecule has 8 nitrogen and oxygen atoms in total. The number of anilines is 1. The fraction of sp³-hybridized carbons (Fsp3) is 0.429. The van der Waals surface area contributed by atoms with Crippen LogP contribution in [0.1, 0.15) is 12.0 Å². The van der Waals surface area contributed by atoms with Gasteiger partial charge in [0.25, 0.3) is 5.91 Å². The molecule has 2 heterocycles. The monoisotopic (exact) mass is 432 g/mol. The van der Waals surface area contributed by atoms with E-state index in [4.69, 9.17) is 4.74 Å². The summed E-state index contributed by atoms with van der Waals surface area (Å²) >= 11 is 0. The van der Waals surface area contributed by atoms with Gasteiger partial charge in [-0.3, -0.25) is 4.79 Å². The second kappa shape index (κ2) is 10.4. The number of aromatic nitrogens is 1. The van der Waals surface area contributed by atoms with Crippen LogP contribution < -0.4 is 15.0 Å². The van der Waals surface area contributed by atoms with Gasteiger partial charge in [-0.05, 0) is 37.1 Å². The summed E-state index contributed by atoms with van der Waals surface area (Å²) in [4.78, 5) is 18.3. The number of aryl methyl sites for hydroxylation is 1. The van der Waals surface area contributed by atoms with Gasteiger partial charge in [-0.1, -0.05) is 24.3 Å². The van der Waals surface area contributed by atoms with Crippen LogP contribution in [0, 0.1) is 6.92 Å². The van der Waals surface area contributed by atoms with E-state index in [2.05, 4.69) is 15.2 Å². The Balaban J connectivity index is 1.35. The maximum absolute atomic E-state index is 12.6. The van der Waals surface area contributed by atoms with E-state index in [1.807, 2.05) is 49.4 Å². The molecule has 9 heteroatoms. The van der Waals surface area contributed by atoms with Crippen LogP contribution in [-0.2, 0) is 14.8 Å². The molecule has 1 aliphatic rings. The minimum absolute atomic E-state index is 0.00944. The number of carbonyl (C=O) groups is 1. The second-order valence-electron chi connectivity index (χ2n) is 7.15. The van der Waals surface area contributed by atoms with Crippen LogP contribution in [0.3, 0.4) is 0 Å². The van der Waals surface area contributed by atoms with Crippen LogP contribution >= 0.6 is 0 Å². The summed E-state index contributed by atoms with van der Waals surface area (Å²) in [5.41, 5.74) is 0.958. The van der Waals surface area contributed by atoms with E-state index in [0.717, 1.165) is 11.4 Å². The predicted molar refractivity (Wildman–Crippen MR) is 116 cm³/mol. The van der Waals surface area contributed by atoms with Crippen LogP contribution in [-0.4, -0.2) is 68.7 Å². The Morgan fingerprint density at radius 1 is 1.10 bits per heavy atom. The molecule has 0 radical (unpaired) electrons. The fourth-order valence-corrected chi connectivity index (χ4v) is 4.75. The summed E-state index contributed by atoms with van der Waals surface area (Å²) in [5, 5.41) is 2.71. The summed E-state index contributed by atoms with van der Waals surface area (Å²) in [7, 11) is -3.34. The summed E-state index contributed by atoms with van der Waals surface area (Å²) in [6.45, 7) is 4.22. The number of benzene rings is 1. The Kier molecular flexibility index (Phi) is 7.64. The zero-order valence-electron chi connectivity index (χ0n) is 17.2. The number of sulfonamides is 1. The quantitative estimate of drug-likeness (QED) is 0.603. The highest BCUT2D eigenvalue weighted by Crippen LogP contribution is 2.16. The molecule has 1 saturated heterocycles. The molecule has 30 heavy (non-hydrogen) atoms. The molecule has 2 aromatic rings. The normalized spacial score (nSPS) is 15.0. The predicted octanol–water partition coefficient (Wildman–Crippen LogP) is 1.43. The number of piperazine rings is 1. The SMILES string of the molecule is Cc1ccccc1OCC(=O)NCCCS(=O)(=O)N1CCN(c2ccccn2)CC1. The van der Waals surface area contributed by atoms with Crippen molar-refractivity contribution in [2.24, 2.45) is 0 Å². The highest BCUT2D eigenvalue weighted by molar-refractivity contribution is 7.89. The van der Waals surface area contributed by atoms with E-state index in [-0.39, 0.29) is 18.3 Å². The Bertz CT molecular complexity index is 929. The fourth-order valence-electron chi connectivity index (χ4n) is 3.26. The lowest BCUT2D eigenvalue weighted by atomic mass is 10.2. The third-order valence-corrected chi connectivity index (χ3v) is 6.92. The van der Waals surface area contributed by atoms with Crippen LogP contribution in [0.4, 0.5) is 5.82 Å². The lowest BCUT2D eigenvalue weighted by Crippen LogP contribution is -2.49. The summed E-state index contributed by atoms with van der Waals surface area (Å²) in [6.07, 6.45) is 2.09. The van der Waals surface area contributed by atoms with Gasteiger partial charge >= 0.3 is 0 Å². The molecule has 1 fully saturated rings. The van der Waals surface area contributed by atoms with Gasteiger partial charge in [-0.15, -0.1) is 0 Å². The first-order chi connectivity index (χ1) is 14.5. The molecule has 1 aliphatic heterocycles. The first kappa shape index (κ1) is 22.0. The van der Waals surface area contributed by atoms with E-state index < -0.39 is 10.0 Å². The van der Waals surface area contributed by atoms with Crippen molar-refractivity contribution >= 4 is 21.7 Å². The summed E-state index contributed by atoms with van der Waals surface area (Å²) < 4.78 is 32.2. The number of nitrogens with one attached hydrogen (secondary N) is 1. The Morgan fingerprint density at radius 3 is 2.53 bits per heavy atom. The minimum Gasteiger partial charge on any atom is -0.484 e. The molecule has 1 N–H and O–H groups in total. The smallest absolute Gasteiger partial charge is 0.257 e. The standard InChI is InChI=1S/C21H28N4O4S/c1-18-7-2-3-8-19(18)29-17-21(26)23-11-6-16-30(27,28)25-14-12-24(13-15-25)20-9-4-5-10-22-20/h2-5,7-10H,6,11-17H2,1H3,(H,23,26).